The Bertz CT molecular complexity index is 1260. The molecule has 7 nitrogen and oxygen atoms in total. The summed E-state index contributed by atoms with van der Waals surface area (Å²) in [4.78, 5) is 35.4. The lowest BCUT2D eigenvalue weighted by atomic mass is 10.2. The van der Waals surface area contributed by atoms with E-state index in [4.69, 9.17) is 17.3 Å². The normalized spacial score (nSPS) is 11.0. The Labute approximate surface area is 156 Å². The summed E-state index contributed by atoms with van der Waals surface area (Å²) in [6, 6.07) is 12.1. The highest BCUT2D eigenvalue weighted by Gasteiger charge is 2.20. The van der Waals surface area contributed by atoms with Crippen LogP contribution in [0.5, 0.6) is 0 Å². The SMILES string of the molecule is NC(=O)c1nc(-c2cccc(F)c2)nc2c1[nH]c(=O)n2-c1cccc(Cl)c1. The Balaban J connectivity index is 2.08. The van der Waals surface area contributed by atoms with Gasteiger partial charge in [-0.3, -0.25) is 4.79 Å². The highest BCUT2D eigenvalue weighted by Crippen LogP contribution is 2.23. The van der Waals surface area contributed by atoms with Crippen LogP contribution < -0.4 is 11.4 Å². The number of hydrogen-bond acceptors (Lipinski definition) is 4. The number of benzene rings is 2. The Hall–Kier alpha value is -3.52. The van der Waals surface area contributed by atoms with Crippen molar-refractivity contribution < 1.29 is 9.18 Å². The van der Waals surface area contributed by atoms with Crippen LogP contribution in [0.4, 0.5) is 4.39 Å². The number of imidazole rings is 1. The quantitative estimate of drug-likeness (QED) is 0.567. The lowest BCUT2D eigenvalue weighted by Gasteiger charge is -2.07. The number of nitrogens with one attached hydrogen (secondary N) is 1. The second-order valence-electron chi connectivity index (χ2n) is 5.71. The standard InChI is InChI=1S/C18H11ClFN5O2/c19-10-4-2-6-12(8-10)25-17-14(23-18(25)27)13(15(21)26)22-16(24-17)9-3-1-5-11(20)7-9/h1-8H,(H2,21,26)(H,23,27). The first-order valence-corrected chi connectivity index (χ1v) is 8.16. The van der Waals surface area contributed by atoms with Gasteiger partial charge in [-0.1, -0.05) is 29.8 Å². The molecule has 9 heteroatoms. The third-order valence-electron chi connectivity index (χ3n) is 3.92. The smallest absolute Gasteiger partial charge is 0.332 e. The third-order valence-corrected chi connectivity index (χ3v) is 4.15. The Morgan fingerprint density at radius 1 is 1.15 bits per heavy atom. The van der Waals surface area contributed by atoms with Crippen LogP contribution in [0.3, 0.4) is 0 Å². The highest BCUT2D eigenvalue weighted by molar-refractivity contribution is 6.30. The number of carbonyl (C=O) groups is 1. The molecule has 0 saturated carbocycles. The van der Waals surface area contributed by atoms with Gasteiger partial charge in [0.05, 0.1) is 5.69 Å². The van der Waals surface area contributed by atoms with E-state index < -0.39 is 17.4 Å². The van der Waals surface area contributed by atoms with Crippen LogP contribution in [0.15, 0.2) is 53.3 Å². The van der Waals surface area contributed by atoms with Gasteiger partial charge >= 0.3 is 5.69 Å². The summed E-state index contributed by atoms with van der Waals surface area (Å²) >= 11 is 6.02. The molecule has 0 radical (unpaired) electrons. The lowest BCUT2D eigenvalue weighted by molar-refractivity contribution is 0.0997. The van der Waals surface area contributed by atoms with Gasteiger partial charge in [0, 0.05) is 10.6 Å². The van der Waals surface area contributed by atoms with Crippen molar-refractivity contribution in [3.8, 4) is 17.1 Å². The van der Waals surface area contributed by atoms with Gasteiger partial charge in [0.2, 0.25) is 0 Å². The van der Waals surface area contributed by atoms with Crippen molar-refractivity contribution in [3.05, 3.63) is 75.5 Å². The fourth-order valence-corrected chi connectivity index (χ4v) is 2.96. The van der Waals surface area contributed by atoms with E-state index in [0.29, 0.717) is 16.3 Å². The van der Waals surface area contributed by atoms with E-state index in [-0.39, 0.29) is 22.7 Å². The number of aromatic amines is 1. The first kappa shape index (κ1) is 16.9. The molecular formula is C18H11ClFN5O2. The van der Waals surface area contributed by atoms with Crippen molar-refractivity contribution >= 4 is 28.7 Å². The number of carbonyl (C=O) groups excluding carboxylic acids is 1. The van der Waals surface area contributed by atoms with Crippen molar-refractivity contribution in [1.82, 2.24) is 19.5 Å². The number of hydrogen-bond donors (Lipinski definition) is 2. The number of halogens is 2. The van der Waals surface area contributed by atoms with Crippen LogP contribution in [0.25, 0.3) is 28.2 Å². The molecule has 1 amide bonds. The minimum Gasteiger partial charge on any atom is -0.364 e. The van der Waals surface area contributed by atoms with Crippen LogP contribution in [0.1, 0.15) is 10.5 Å². The third kappa shape index (κ3) is 2.96. The molecule has 0 atom stereocenters. The maximum atomic E-state index is 13.6. The molecule has 4 rings (SSSR count). The maximum absolute atomic E-state index is 13.6. The molecule has 0 unspecified atom stereocenters. The largest absolute Gasteiger partial charge is 0.364 e. The van der Waals surface area contributed by atoms with Gasteiger partial charge in [0.1, 0.15) is 11.3 Å². The summed E-state index contributed by atoms with van der Waals surface area (Å²) in [7, 11) is 0. The van der Waals surface area contributed by atoms with Gasteiger partial charge in [-0.25, -0.2) is 23.7 Å². The van der Waals surface area contributed by atoms with Gasteiger partial charge in [0.15, 0.2) is 17.2 Å². The summed E-state index contributed by atoms with van der Waals surface area (Å²) in [5.74, 6) is -1.27. The van der Waals surface area contributed by atoms with Gasteiger partial charge in [0.25, 0.3) is 5.91 Å². The van der Waals surface area contributed by atoms with Gasteiger partial charge < -0.3 is 10.7 Å². The molecule has 0 bridgehead atoms. The monoisotopic (exact) mass is 383 g/mol. The first-order chi connectivity index (χ1) is 12.9. The lowest BCUT2D eigenvalue weighted by Crippen LogP contribution is -2.15. The molecule has 3 N–H and O–H groups in total. The minimum absolute atomic E-state index is 0.0607. The number of fused-ring (bicyclic) bond motifs is 1. The molecule has 134 valence electrons. The van der Waals surface area contributed by atoms with Crippen molar-refractivity contribution in [2.75, 3.05) is 0 Å². The fraction of sp³-hybridized carbons (Fsp3) is 0. The number of H-pyrrole nitrogens is 1. The number of nitrogens with zero attached hydrogens (tertiary/aromatic N) is 3. The minimum atomic E-state index is -0.848. The van der Waals surface area contributed by atoms with E-state index in [1.807, 2.05) is 0 Å². The van der Waals surface area contributed by atoms with Crippen LogP contribution in [0, 0.1) is 5.82 Å². The molecule has 2 heterocycles. The molecule has 0 saturated heterocycles. The molecule has 4 aromatic rings. The van der Waals surface area contributed by atoms with E-state index >= 15 is 0 Å². The van der Waals surface area contributed by atoms with Crippen LogP contribution in [-0.2, 0) is 0 Å². The summed E-state index contributed by atoms with van der Waals surface area (Å²) in [5.41, 5.74) is 5.71. The predicted octanol–water partition coefficient (Wildman–Crippen LogP) is 2.67. The Morgan fingerprint density at radius 2 is 1.93 bits per heavy atom. The van der Waals surface area contributed by atoms with Crippen LogP contribution in [-0.4, -0.2) is 25.4 Å². The number of nitrogens with two attached hydrogens (primary N) is 1. The van der Waals surface area contributed by atoms with E-state index in [1.165, 1.54) is 22.8 Å². The average Bonchev–Trinajstić information content (AvgIpc) is 2.96. The zero-order chi connectivity index (χ0) is 19.1. The van der Waals surface area contributed by atoms with Crippen molar-refractivity contribution in [1.29, 1.82) is 0 Å². The molecule has 2 aromatic carbocycles. The Morgan fingerprint density at radius 3 is 2.63 bits per heavy atom. The predicted molar refractivity (Wildman–Crippen MR) is 98.4 cm³/mol. The van der Waals surface area contributed by atoms with Gasteiger partial charge in [-0.05, 0) is 30.3 Å². The number of aromatic nitrogens is 4. The molecule has 0 spiro atoms. The van der Waals surface area contributed by atoms with E-state index in [9.17, 15) is 14.0 Å². The fourth-order valence-electron chi connectivity index (χ4n) is 2.77. The second-order valence-corrected chi connectivity index (χ2v) is 6.15. The summed E-state index contributed by atoms with van der Waals surface area (Å²) in [5, 5.41) is 0.420. The zero-order valence-corrected chi connectivity index (χ0v) is 14.4. The molecule has 2 aromatic heterocycles. The molecule has 27 heavy (non-hydrogen) atoms. The summed E-state index contributed by atoms with van der Waals surface area (Å²) < 4.78 is 14.8. The summed E-state index contributed by atoms with van der Waals surface area (Å²) in [6.45, 7) is 0. The van der Waals surface area contributed by atoms with Crippen molar-refractivity contribution in [2.24, 2.45) is 5.73 Å². The highest BCUT2D eigenvalue weighted by atomic mass is 35.5. The maximum Gasteiger partial charge on any atom is 0.332 e. The molecule has 0 aliphatic carbocycles. The summed E-state index contributed by atoms with van der Waals surface area (Å²) in [6.07, 6.45) is 0. The average molecular weight is 384 g/mol. The zero-order valence-electron chi connectivity index (χ0n) is 13.6. The second kappa shape index (κ2) is 6.33. The van der Waals surface area contributed by atoms with Gasteiger partial charge in [-0.2, -0.15) is 0 Å². The van der Waals surface area contributed by atoms with E-state index in [2.05, 4.69) is 15.0 Å². The Kier molecular flexibility index (Phi) is 3.97. The van der Waals surface area contributed by atoms with Crippen molar-refractivity contribution in [3.63, 3.8) is 0 Å². The van der Waals surface area contributed by atoms with E-state index in [1.54, 1.807) is 30.3 Å². The van der Waals surface area contributed by atoms with E-state index in [0.717, 1.165) is 0 Å². The van der Waals surface area contributed by atoms with Crippen LogP contribution in [0.2, 0.25) is 5.02 Å². The van der Waals surface area contributed by atoms with Crippen LogP contribution >= 0.6 is 11.6 Å². The number of amides is 1. The number of rotatable bonds is 3. The molecular weight excluding hydrogens is 373 g/mol. The van der Waals surface area contributed by atoms with Gasteiger partial charge in [-0.15, -0.1) is 0 Å². The topological polar surface area (TPSA) is 107 Å². The first-order valence-electron chi connectivity index (χ1n) is 7.78. The molecule has 0 aliphatic heterocycles. The number of primary amides is 1. The molecule has 0 fully saturated rings. The molecule has 0 aliphatic rings. The van der Waals surface area contributed by atoms with Crippen molar-refractivity contribution in [2.45, 2.75) is 0 Å².